The summed E-state index contributed by atoms with van der Waals surface area (Å²) in [6.07, 6.45) is 8.40. The van der Waals surface area contributed by atoms with Crippen LogP contribution in [0.5, 0.6) is 5.75 Å². The zero-order chi connectivity index (χ0) is 19.5. The molecular formula is C22H30N4O2. The highest BCUT2D eigenvalue weighted by molar-refractivity contribution is 5.78. The molecule has 1 aromatic heterocycles. The van der Waals surface area contributed by atoms with Crippen LogP contribution in [-0.2, 0) is 17.9 Å². The predicted molar refractivity (Wildman–Crippen MR) is 109 cm³/mol. The van der Waals surface area contributed by atoms with Crippen molar-refractivity contribution in [2.24, 2.45) is 0 Å². The molecule has 1 aliphatic heterocycles. The Balaban J connectivity index is 1.35. The van der Waals surface area contributed by atoms with Crippen molar-refractivity contribution >= 4 is 5.91 Å². The van der Waals surface area contributed by atoms with Gasteiger partial charge in [0.25, 0.3) is 0 Å². The Kier molecular flexibility index (Phi) is 5.67. The molecule has 0 unspecified atom stereocenters. The van der Waals surface area contributed by atoms with Crippen LogP contribution < -0.4 is 10.1 Å². The van der Waals surface area contributed by atoms with E-state index in [2.05, 4.69) is 35.4 Å². The Bertz CT molecular complexity index is 839. The molecule has 0 bridgehead atoms. The summed E-state index contributed by atoms with van der Waals surface area (Å²) in [5.74, 6) is 0.859. The first-order chi connectivity index (χ1) is 13.6. The first-order valence-electron chi connectivity index (χ1n) is 10.4. The molecule has 28 heavy (non-hydrogen) atoms. The van der Waals surface area contributed by atoms with Crippen LogP contribution in [-0.4, -0.2) is 46.8 Å². The van der Waals surface area contributed by atoms with Crippen LogP contribution in [0, 0.1) is 6.92 Å². The van der Waals surface area contributed by atoms with E-state index < -0.39 is 0 Å². The summed E-state index contributed by atoms with van der Waals surface area (Å²) in [6.45, 7) is 4.36. The summed E-state index contributed by atoms with van der Waals surface area (Å²) in [5.41, 5.74) is 4.21. The number of carbonyl (C=O) groups is 1. The second-order valence-corrected chi connectivity index (χ2v) is 8.09. The second-order valence-electron chi connectivity index (χ2n) is 8.09. The summed E-state index contributed by atoms with van der Waals surface area (Å²) in [6, 6.07) is 6.80. The largest absolute Gasteiger partial charge is 0.488 e. The maximum Gasteiger partial charge on any atom is 0.241 e. The van der Waals surface area contributed by atoms with Gasteiger partial charge in [-0.15, -0.1) is 0 Å². The fraction of sp³-hybridized carbons (Fsp3) is 0.545. The minimum Gasteiger partial charge on any atom is -0.488 e. The van der Waals surface area contributed by atoms with Crippen molar-refractivity contribution in [1.82, 2.24) is 20.0 Å². The summed E-state index contributed by atoms with van der Waals surface area (Å²) in [5, 5.41) is 7.51. The number of fused-ring (bicyclic) bond motifs is 3. The van der Waals surface area contributed by atoms with Gasteiger partial charge in [0.1, 0.15) is 18.9 Å². The molecule has 6 nitrogen and oxygen atoms in total. The van der Waals surface area contributed by atoms with Gasteiger partial charge in [-0.3, -0.25) is 9.48 Å². The molecule has 2 heterocycles. The van der Waals surface area contributed by atoms with E-state index in [1.54, 1.807) is 4.68 Å². The average molecular weight is 383 g/mol. The van der Waals surface area contributed by atoms with Gasteiger partial charge in [-0.05, 0) is 38.9 Å². The second kappa shape index (κ2) is 8.35. The SMILES string of the molecule is Cc1ccc2c(c1)-c1c(cnn1CC(=O)NCCN(C)C1CCCCC1)CO2. The molecule has 150 valence electrons. The van der Waals surface area contributed by atoms with E-state index in [1.165, 1.54) is 32.1 Å². The third-order valence-electron chi connectivity index (χ3n) is 5.97. The van der Waals surface area contributed by atoms with Crippen LogP contribution in [0.1, 0.15) is 43.2 Å². The van der Waals surface area contributed by atoms with E-state index in [-0.39, 0.29) is 12.5 Å². The van der Waals surface area contributed by atoms with Crippen molar-refractivity contribution in [3.05, 3.63) is 35.5 Å². The lowest BCUT2D eigenvalue weighted by Crippen LogP contribution is -2.40. The first kappa shape index (κ1) is 19.0. The maximum atomic E-state index is 12.5. The van der Waals surface area contributed by atoms with Crippen LogP contribution in [0.25, 0.3) is 11.3 Å². The predicted octanol–water partition coefficient (Wildman–Crippen LogP) is 3.13. The van der Waals surface area contributed by atoms with Gasteiger partial charge in [0.05, 0.1) is 11.9 Å². The van der Waals surface area contributed by atoms with Gasteiger partial charge in [0, 0.05) is 30.3 Å². The van der Waals surface area contributed by atoms with Gasteiger partial charge < -0.3 is 15.0 Å². The summed E-state index contributed by atoms with van der Waals surface area (Å²) in [7, 11) is 2.17. The third-order valence-corrected chi connectivity index (χ3v) is 5.97. The van der Waals surface area contributed by atoms with Crippen molar-refractivity contribution in [2.45, 2.75) is 58.2 Å². The molecule has 2 aliphatic rings. The van der Waals surface area contributed by atoms with Gasteiger partial charge in [-0.1, -0.05) is 30.9 Å². The normalized spacial score (nSPS) is 16.4. The Morgan fingerprint density at radius 3 is 2.96 bits per heavy atom. The maximum absolute atomic E-state index is 12.5. The zero-order valence-electron chi connectivity index (χ0n) is 16.9. The first-order valence-corrected chi connectivity index (χ1v) is 10.4. The highest BCUT2D eigenvalue weighted by Crippen LogP contribution is 2.37. The van der Waals surface area contributed by atoms with Gasteiger partial charge in [-0.25, -0.2) is 0 Å². The smallest absolute Gasteiger partial charge is 0.241 e. The fourth-order valence-corrected chi connectivity index (χ4v) is 4.34. The van der Waals surface area contributed by atoms with Gasteiger partial charge in [0.15, 0.2) is 0 Å². The number of ether oxygens (including phenoxy) is 1. The molecule has 1 amide bonds. The van der Waals surface area contributed by atoms with Crippen molar-refractivity contribution < 1.29 is 9.53 Å². The standard InChI is InChI=1S/C22H30N4O2/c1-16-8-9-20-19(12-16)22-17(15-28-20)13-24-26(22)14-21(27)23-10-11-25(2)18-6-4-3-5-7-18/h8-9,12-13,18H,3-7,10-11,14-15H2,1-2H3,(H,23,27). The van der Waals surface area contributed by atoms with E-state index in [4.69, 9.17) is 4.74 Å². The van der Waals surface area contributed by atoms with Gasteiger partial charge in [0.2, 0.25) is 5.91 Å². The molecule has 2 aromatic rings. The van der Waals surface area contributed by atoms with Crippen LogP contribution in [0.3, 0.4) is 0 Å². The number of nitrogens with zero attached hydrogens (tertiary/aromatic N) is 3. The highest BCUT2D eigenvalue weighted by Gasteiger charge is 2.23. The van der Waals surface area contributed by atoms with Crippen LogP contribution in [0.2, 0.25) is 0 Å². The Labute approximate surface area is 166 Å². The molecule has 0 radical (unpaired) electrons. The number of rotatable bonds is 6. The molecule has 1 N–H and O–H groups in total. The minimum absolute atomic E-state index is 0.00337. The van der Waals surface area contributed by atoms with E-state index in [1.807, 2.05) is 18.3 Å². The lowest BCUT2D eigenvalue weighted by atomic mass is 9.94. The Hall–Kier alpha value is -2.34. The average Bonchev–Trinajstić information content (AvgIpc) is 3.11. The van der Waals surface area contributed by atoms with E-state index in [0.717, 1.165) is 34.7 Å². The lowest BCUT2D eigenvalue weighted by Gasteiger charge is -2.31. The molecule has 0 spiro atoms. The Morgan fingerprint density at radius 2 is 2.14 bits per heavy atom. The molecule has 1 aromatic carbocycles. The van der Waals surface area contributed by atoms with Crippen molar-refractivity contribution in [2.75, 3.05) is 20.1 Å². The number of nitrogens with one attached hydrogen (secondary N) is 1. The number of aryl methyl sites for hydroxylation is 1. The van der Waals surface area contributed by atoms with Crippen LogP contribution in [0.4, 0.5) is 0 Å². The fourth-order valence-electron chi connectivity index (χ4n) is 4.34. The molecule has 0 saturated heterocycles. The van der Waals surface area contributed by atoms with E-state index >= 15 is 0 Å². The zero-order valence-corrected chi connectivity index (χ0v) is 16.9. The molecule has 0 atom stereocenters. The van der Waals surface area contributed by atoms with Gasteiger partial charge in [-0.2, -0.15) is 5.10 Å². The highest BCUT2D eigenvalue weighted by atomic mass is 16.5. The van der Waals surface area contributed by atoms with Crippen LogP contribution >= 0.6 is 0 Å². The number of aromatic nitrogens is 2. The molecular weight excluding hydrogens is 352 g/mol. The van der Waals surface area contributed by atoms with E-state index in [9.17, 15) is 4.79 Å². The van der Waals surface area contributed by atoms with Crippen molar-refractivity contribution in [3.8, 4) is 17.0 Å². The molecule has 1 saturated carbocycles. The number of amides is 1. The van der Waals surface area contributed by atoms with Crippen molar-refractivity contribution in [1.29, 1.82) is 0 Å². The Morgan fingerprint density at radius 1 is 1.32 bits per heavy atom. The summed E-state index contributed by atoms with van der Waals surface area (Å²) < 4.78 is 7.61. The number of hydrogen-bond donors (Lipinski definition) is 1. The van der Waals surface area contributed by atoms with Gasteiger partial charge >= 0.3 is 0 Å². The topological polar surface area (TPSA) is 59.4 Å². The molecule has 4 rings (SSSR count). The quantitative estimate of drug-likeness (QED) is 0.834. The number of hydrogen-bond acceptors (Lipinski definition) is 4. The summed E-state index contributed by atoms with van der Waals surface area (Å²) in [4.78, 5) is 14.9. The minimum atomic E-state index is 0.00337. The van der Waals surface area contributed by atoms with Crippen LogP contribution in [0.15, 0.2) is 24.4 Å². The van der Waals surface area contributed by atoms with Crippen molar-refractivity contribution in [3.63, 3.8) is 0 Å². The molecule has 1 aliphatic carbocycles. The third kappa shape index (κ3) is 4.07. The monoisotopic (exact) mass is 382 g/mol. The number of benzene rings is 1. The summed E-state index contributed by atoms with van der Waals surface area (Å²) >= 11 is 0. The number of likely N-dealkylation sites (N-methyl/N-ethyl adjacent to an activating group) is 1. The van der Waals surface area contributed by atoms with E-state index in [0.29, 0.717) is 19.2 Å². The molecule has 1 fully saturated rings. The number of carbonyl (C=O) groups excluding carboxylic acids is 1. The lowest BCUT2D eigenvalue weighted by molar-refractivity contribution is -0.121. The molecule has 6 heteroatoms.